The zero-order valence-electron chi connectivity index (χ0n) is 14.8. The molecular weight excluding hydrogens is 380 g/mol. The van der Waals surface area contributed by atoms with Gasteiger partial charge in [-0.05, 0) is 37.3 Å². The highest BCUT2D eigenvalue weighted by atomic mass is 32.2. The lowest BCUT2D eigenvalue weighted by atomic mass is 10.1. The second-order valence-corrected chi connectivity index (χ2v) is 7.62. The lowest BCUT2D eigenvalue weighted by Crippen LogP contribution is -2.29. The Balaban J connectivity index is 1.80. The number of anilines is 2. The van der Waals surface area contributed by atoms with E-state index in [1.165, 1.54) is 16.7 Å². The van der Waals surface area contributed by atoms with Crippen LogP contribution in [0.15, 0.2) is 53.4 Å². The van der Waals surface area contributed by atoms with Crippen LogP contribution in [0.25, 0.3) is 5.57 Å². The molecule has 2 aliphatic rings. The average Bonchev–Trinajstić information content (AvgIpc) is 3.13. The number of hydrogen-bond acceptors (Lipinski definition) is 5. The van der Waals surface area contributed by atoms with Crippen LogP contribution in [-0.4, -0.2) is 29.8 Å². The van der Waals surface area contributed by atoms with E-state index in [1.807, 2.05) is 31.2 Å². The maximum Gasteiger partial charge on any atom is 0.271 e. The van der Waals surface area contributed by atoms with Gasteiger partial charge in [0.25, 0.3) is 11.8 Å². The molecule has 0 aromatic heterocycles. The van der Waals surface area contributed by atoms with Gasteiger partial charge in [0, 0.05) is 12.1 Å². The minimum Gasteiger partial charge on any atom is -0.497 e. The predicted molar refractivity (Wildman–Crippen MR) is 112 cm³/mol. The van der Waals surface area contributed by atoms with E-state index in [-0.39, 0.29) is 11.8 Å². The van der Waals surface area contributed by atoms with Crippen LogP contribution < -0.4 is 14.5 Å². The predicted octanol–water partition coefficient (Wildman–Crippen LogP) is 3.84. The van der Waals surface area contributed by atoms with Crippen molar-refractivity contribution in [3.05, 3.63) is 59.0 Å². The summed E-state index contributed by atoms with van der Waals surface area (Å²) in [4.78, 5) is 29.7. The number of thioether (sulfide) groups is 1. The first-order chi connectivity index (χ1) is 13.1. The Hall–Kier alpha value is -2.64. The molecule has 0 unspecified atom stereocenters. The second kappa shape index (κ2) is 6.83. The van der Waals surface area contributed by atoms with E-state index in [2.05, 4.69) is 0 Å². The largest absolute Gasteiger partial charge is 0.497 e. The Morgan fingerprint density at radius 1 is 1.04 bits per heavy atom. The Labute approximate surface area is 166 Å². The van der Waals surface area contributed by atoms with Crippen LogP contribution in [0, 0.1) is 0 Å². The molecule has 2 aliphatic heterocycles. The summed E-state index contributed by atoms with van der Waals surface area (Å²) in [5.41, 5.74) is 2.69. The normalized spacial score (nSPS) is 19.1. The highest BCUT2D eigenvalue weighted by molar-refractivity contribution is 8.27. The molecule has 0 spiro atoms. The standard InChI is InChI=1S/C20H16N2O3S2/c1-3-21-15-7-5-4-6-14(15)16(18(21)23)17-19(24)22(20(26)27-17)12-8-10-13(25-2)11-9-12/h4-11H,3H2,1-2H3. The van der Waals surface area contributed by atoms with E-state index in [9.17, 15) is 9.59 Å². The van der Waals surface area contributed by atoms with Crippen LogP contribution in [0.2, 0.25) is 0 Å². The molecular formula is C20H16N2O3S2. The van der Waals surface area contributed by atoms with Crippen LogP contribution in [0.5, 0.6) is 5.75 Å². The maximum atomic E-state index is 13.2. The molecule has 136 valence electrons. The lowest BCUT2D eigenvalue weighted by molar-refractivity contribution is -0.115. The van der Waals surface area contributed by atoms with Crippen molar-refractivity contribution < 1.29 is 14.3 Å². The molecule has 4 rings (SSSR count). The van der Waals surface area contributed by atoms with E-state index in [0.717, 1.165) is 11.3 Å². The van der Waals surface area contributed by atoms with Gasteiger partial charge >= 0.3 is 0 Å². The topological polar surface area (TPSA) is 49.9 Å². The van der Waals surface area contributed by atoms with Crippen molar-refractivity contribution in [3.63, 3.8) is 0 Å². The number of methoxy groups -OCH3 is 1. The Morgan fingerprint density at radius 3 is 2.41 bits per heavy atom. The van der Waals surface area contributed by atoms with Crippen molar-refractivity contribution in [1.29, 1.82) is 0 Å². The molecule has 2 heterocycles. The first-order valence-corrected chi connectivity index (χ1v) is 9.65. The number of amides is 2. The summed E-state index contributed by atoms with van der Waals surface area (Å²) in [6, 6.07) is 14.6. The van der Waals surface area contributed by atoms with Crippen LogP contribution in [0.1, 0.15) is 12.5 Å². The molecule has 0 atom stereocenters. The number of hydrogen-bond donors (Lipinski definition) is 0. The number of fused-ring (bicyclic) bond motifs is 1. The summed E-state index contributed by atoms with van der Waals surface area (Å²) in [6.07, 6.45) is 0. The van der Waals surface area contributed by atoms with Crippen molar-refractivity contribution in [3.8, 4) is 5.75 Å². The highest BCUT2D eigenvalue weighted by Gasteiger charge is 2.42. The summed E-state index contributed by atoms with van der Waals surface area (Å²) in [7, 11) is 1.58. The maximum absolute atomic E-state index is 13.2. The van der Waals surface area contributed by atoms with Crippen molar-refractivity contribution in [1.82, 2.24) is 0 Å². The smallest absolute Gasteiger partial charge is 0.271 e. The van der Waals surface area contributed by atoms with Gasteiger partial charge in [0.1, 0.15) is 5.75 Å². The van der Waals surface area contributed by atoms with E-state index in [1.54, 1.807) is 36.3 Å². The SMILES string of the molecule is CCN1C(=O)C(=C2SC(=S)N(c3ccc(OC)cc3)C2=O)c2ccccc21. The van der Waals surface area contributed by atoms with E-state index < -0.39 is 0 Å². The van der Waals surface area contributed by atoms with Gasteiger partial charge in [-0.3, -0.25) is 14.5 Å². The molecule has 0 bridgehead atoms. The second-order valence-electron chi connectivity index (χ2n) is 5.98. The fourth-order valence-corrected chi connectivity index (χ4v) is 4.66. The van der Waals surface area contributed by atoms with E-state index in [4.69, 9.17) is 17.0 Å². The molecule has 1 saturated heterocycles. The molecule has 7 heteroatoms. The molecule has 27 heavy (non-hydrogen) atoms. The Kier molecular flexibility index (Phi) is 4.49. The summed E-state index contributed by atoms with van der Waals surface area (Å²) >= 11 is 6.62. The summed E-state index contributed by atoms with van der Waals surface area (Å²) in [5, 5.41) is 0. The number of para-hydroxylation sites is 1. The number of likely N-dealkylation sites (N-methyl/N-ethyl adjacent to an activating group) is 1. The number of ether oxygens (including phenoxy) is 1. The van der Waals surface area contributed by atoms with Gasteiger partial charge < -0.3 is 9.64 Å². The third-order valence-electron chi connectivity index (χ3n) is 4.57. The fourth-order valence-electron chi connectivity index (χ4n) is 3.29. The van der Waals surface area contributed by atoms with Crippen LogP contribution in [0.3, 0.4) is 0 Å². The Bertz CT molecular complexity index is 999. The highest BCUT2D eigenvalue weighted by Crippen LogP contribution is 2.45. The van der Waals surface area contributed by atoms with Crippen molar-refractivity contribution in [2.24, 2.45) is 0 Å². The zero-order chi connectivity index (χ0) is 19.1. The van der Waals surface area contributed by atoms with Gasteiger partial charge in [0.05, 0.1) is 29.0 Å². The number of thiocarbonyl (C=S) groups is 1. The van der Waals surface area contributed by atoms with Gasteiger partial charge in [-0.1, -0.05) is 42.2 Å². The number of nitrogens with zero attached hydrogens (tertiary/aromatic N) is 2. The molecule has 2 aromatic rings. The molecule has 0 N–H and O–H groups in total. The first kappa shape index (κ1) is 17.8. The fraction of sp³-hybridized carbons (Fsp3) is 0.150. The first-order valence-electron chi connectivity index (χ1n) is 8.42. The Morgan fingerprint density at radius 2 is 1.74 bits per heavy atom. The van der Waals surface area contributed by atoms with Crippen molar-refractivity contribution in [2.45, 2.75) is 6.92 Å². The summed E-state index contributed by atoms with van der Waals surface area (Å²) in [5.74, 6) is 0.265. The number of rotatable bonds is 3. The van der Waals surface area contributed by atoms with E-state index >= 15 is 0 Å². The number of benzene rings is 2. The summed E-state index contributed by atoms with van der Waals surface area (Å²) < 4.78 is 5.57. The van der Waals surface area contributed by atoms with Gasteiger partial charge in [-0.2, -0.15) is 0 Å². The molecule has 2 aromatic carbocycles. The average molecular weight is 396 g/mol. The third kappa shape index (κ3) is 2.74. The molecule has 2 amide bonds. The van der Waals surface area contributed by atoms with Crippen molar-refractivity contribution in [2.75, 3.05) is 23.5 Å². The molecule has 0 saturated carbocycles. The molecule has 5 nitrogen and oxygen atoms in total. The molecule has 1 fully saturated rings. The van der Waals surface area contributed by atoms with Crippen LogP contribution in [0.4, 0.5) is 11.4 Å². The number of carbonyl (C=O) groups excluding carboxylic acids is 2. The number of carbonyl (C=O) groups is 2. The molecule has 0 aliphatic carbocycles. The third-order valence-corrected chi connectivity index (χ3v) is 5.94. The summed E-state index contributed by atoms with van der Waals surface area (Å²) in [6.45, 7) is 2.46. The zero-order valence-corrected chi connectivity index (χ0v) is 16.4. The minimum atomic E-state index is -0.272. The van der Waals surface area contributed by atoms with Gasteiger partial charge in [-0.25, -0.2) is 0 Å². The monoisotopic (exact) mass is 396 g/mol. The lowest BCUT2D eigenvalue weighted by Gasteiger charge is -2.15. The minimum absolute atomic E-state index is 0.158. The van der Waals surface area contributed by atoms with Crippen molar-refractivity contribution >= 4 is 57.1 Å². The quantitative estimate of drug-likeness (QED) is 0.583. The van der Waals surface area contributed by atoms with Gasteiger partial charge in [0.15, 0.2) is 4.32 Å². The van der Waals surface area contributed by atoms with Crippen LogP contribution in [-0.2, 0) is 9.59 Å². The van der Waals surface area contributed by atoms with Gasteiger partial charge in [-0.15, -0.1) is 0 Å². The molecule has 0 radical (unpaired) electrons. The van der Waals surface area contributed by atoms with Crippen LogP contribution >= 0.6 is 24.0 Å². The van der Waals surface area contributed by atoms with Gasteiger partial charge in [0.2, 0.25) is 0 Å². The van der Waals surface area contributed by atoms with E-state index in [0.29, 0.717) is 32.8 Å².